The van der Waals surface area contributed by atoms with Crippen molar-refractivity contribution >= 4 is 6.29 Å². The zero-order valence-electron chi connectivity index (χ0n) is 7.77. The van der Waals surface area contributed by atoms with Crippen LogP contribution < -0.4 is 0 Å². The summed E-state index contributed by atoms with van der Waals surface area (Å²) in [5.74, 6) is 0. The maximum atomic E-state index is 10.3. The lowest BCUT2D eigenvalue weighted by molar-refractivity contribution is -0.109. The maximum absolute atomic E-state index is 10.3. The van der Waals surface area contributed by atoms with Gasteiger partial charge in [0, 0.05) is 19.4 Å². The molecule has 4 nitrogen and oxygen atoms in total. The Morgan fingerprint density at radius 2 is 2.17 bits per heavy atom. The van der Waals surface area contributed by atoms with Crippen molar-refractivity contribution in [1.82, 2.24) is 14.7 Å². The SMILES string of the molecule is CN(C)C1N(C)C=CN1CC=O. The molecule has 4 heteroatoms. The Labute approximate surface area is 73.0 Å². The van der Waals surface area contributed by atoms with E-state index < -0.39 is 0 Å². The summed E-state index contributed by atoms with van der Waals surface area (Å²) >= 11 is 0. The van der Waals surface area contributed by atoms with Gasteiger partial charge < -0.3 is 14.6 Å². The van der Waals surface area contributed by atoms with Crippen LogP contribution in [0.3, 0.4) is 0 Å². The Bertz CT molecular complexity index is 191. The van der Waals surface area contributed by atoms with Crippen molar-refractivity contribution in [3.63, 3.8) is 0 Å². The monoisotopic (exact) mass is 169 g/mol. The fourth-order valence-corrected chi connectivity index (χ4v) is 1.48. The molecular formula is C8H15N3O. The molecule has 0 amide bonds. The highest BCUT2D eigenvalue weighted by atomic mass is 16.1. The van der Waals surface area contributed by atoms with Gasteiger partial charge in [-0.05, 0) is 14.1 Å². The van der Waals surface area contributed by atoms with Crippen molar-refractivity contribution < 1.29 is 4.79 Å². The van der Waals surface area contributed by atoms with Crippen LogP contribution in [0.25, 0.3) is 0 Å². The summed E-state index contributed by atoms with van der Waals surface area (Å²) in [6.07, 6.45) is 4.99. The van der Waals surface area contributed by atoms with E-state index in [2.05, 4.69) is 9.80 Å². The number of carbonyl (C=O) groups excluding carboxylic acids is 1. The van der Waals surface area contributed by atoms with Crippen molar-refractivity contribution in [2.24, 2.45) is 0 Å². The first-order valence-electron chi connectivity index (χ1n) is 3.93. The van der Waals surface area contributed by atoms with Gasteiger partial charge in [-0.3, -0.25) is 4.90 Å². The molecule has 1 atom stereocenters. The van der Waals surface area contributed by atoms with Gasteiger partial charge in [-0.25, -0.2) is 0 Å². The zero-order valence-corrected chi connectivity index (χ0v) is 7.77. The van der Waals surface area contributed by atoms with Gasteiger partial charge in [-0.15, -0.1) is 0 Å². The Morgan fingerprint density at radius 1 is 1.50 bits per heavy atom. The van der Waals surface area contributed by atoms with Crippen molar-refractivity contribution in [1.29, 1.82) is 0 Å². The zero-order chi connectivity index (χ0) is 9.14. The summed E-state index contributed by atoms with van der Waals surface area (Å²) in [5.41, 5.74) is 0. The van der Waals surface area contributed by atoms with Crippen LogP contribution in [0.5, 0.6) is 0 Å². The third-order valence-corrected chi connectivity index (χ3v) is 1.90. The molecule has 1 heterocycles. The van der Waals surface area contributed by atoms with Gasteiger partial charge in [0.1, 0.15) is 6.29 Å². The topological polar surface area (TPSA) is 26.8 Å². The van der Waals surface area contributed by atoms with Crippen LogP contribution >= 0.6 is 0 Å². The maximum Gasteiger partial charge on any atom is 0.159 e. The molecule has 0 aromatic heterocycles. The minimum absolute atomic E-state index is 0.176. The van der Waals surface area contributed by atoms with Crippen LogP contribution in [0.1, 0.15) is 0 Å². The van der Waals surface area contributed by atoms with Crippen LogP contribution in [0.4, 0.5) is 0 Å². The van der Waals surface area contributed by atoms with Gasteiger partial charge in [-0.1, -0.05) is 0 Å². The molecule has 0 N–H and O–H groups in total. The van der Waals surface area contributed by atoms with Gasteiger partial charge in [0.25, 0.3) is 0 Å². The summed E-state index contributed by atoms with van der Waals surface area (Å²) in [6.45, 7) is 0.448. The molecule has 0 aliphatic carbocycles. The Morgan fingerprint density at radius 3 is 2.67 bits per heavy atom. The van der Waals surface area contributed by atoms with Crippen molar-refractivity contribution in [3.8, 4) is 0 Å². The molecule has 1 aliphatic heterocycles. The molecule has 12 heavy (non-hydrogen) atoms. The fourth-order valence-electron chi connectivity index (χ4n) is 1.48. The van der Waals surface area contributed by atoms with Gasteiger partial charge in [0.2, 0.25) is 0 Å². The Balaban J connectivity index is 2.62. The molecule has 0 aromatic carbocycles. The summed E-state index contributed by atoms with van der Waals surface area (Å²) < 4.78 is 0. The van der Waals surface area contributed by atoms with Crippen molar-refractivity contribution in [3.05, 3.63) is 12.4 Å². The quantitative estimate of drug-likeness (QED) is 0.544. The lowest BCUT2D eigenvalue weighted by Gasteiger charge is -2.34. The summed E-state index contributed by atoms with van der Waals surface area (Å²) in [4.78, 5) is 16.4. The average Bonchev–Trinajstić information content (AvgIpc) is 2.32. The van der Waals surface area contributed by atoms with E-state index in [0.29, 0.717) is 6.54 Å². The molecular weight excluding hydrogens is 154 g/mol. The molecule has 0 aromatic rings. The summed E-state index contributed by atoms with van der Waals surface area (Å²) in [5, 5.41) is 0. The highest BCUT2D eigenvalue weighted by Gasteiger charge is 2.24. The number of hydrogen-bond acceptors (Lipinski definition) is 4. The normalized spacial score (nSPS) is 22.5. The molecule has 0 saturated heterocycles. The van der Waals surface area contributed by atoms with Crippen molar-refractivity contribution in [2.45, 2.75) is 6.29 Å². The van der Waals surface area contributed by atoms with E-state index in [1.54, 1.807) is 0 Å². The molecule has 68 valence electrons. The third-order valence-electron chi connectivity index (χ3n) is 1.90. The number of hydrogen-bond donors (Lipinski definition) is 0. The van der Waals surface area contributed by atoms with Crippen LogP contribution in [-0.2, 0) is 4.79 Å². The van der Waals surface area contributed by atoms with Crippen molar-refractivity contribution in [2.75, 3.05) is 27.7 Å². The van der Waals surface area contributed by atoms with Crippen LogP contribution in [0, 0.1) is 0 Å². The van der Waals surface area contributed by atoms with E-state index >= 15 is 0 Å². The van der Waals surface area contributed by atoms with Crippen LogP contribution in [0.2, 0.25) is 0 Å². The van der Waals surface area contributed by atoms with Gasteiger partial charge in [-0.2, -0.15) is 0 Å². The lowest BCUT2D eigenvalue weighted by atomic mass is 10.5. The second kappa shape index (κ2) is 3.58. The van der Waals surface area contributed by atoms with E-state index in [1.165, 1.54) is 0 Å². The average molecular weight is 169 g/mol. The number of nitrogens with zero attached hydrogens (tertiary/aromatic N) is 3. The van der Waals surface area contributed by atoms with Gasteiger partial charge >= 0.3 is 0 Å². The first kappa shape index (κ1) is 9.06. The van der Waals surface area contributed by atoms with E-state index in [4.69, 9.17) is 0 Å². The predicted octanol–water partition coefficient (Wildman–Crippen LogP) is -0.251. The Kier molecular flexibility index (Phi) is 2.70. The highest BCUT2D eigenvalue weighted by molar-refractivity contribution is 5.52. The van der Waals surface area contributed by atoms with Crippen LogP contribution in [0.15, 0.2) is 12.4 Å². The molecule has 0 saturated carbocycles. The molecule has 0 radical (unpaired) electrons. The number of aldehydes is 1. The first-order chi connectivity index (χ1) is 5.66. The Hall–Kier alpha value is -1.03. The number of carbonyl (C=O) groups is 1. The second-order valence-corrected chi connectivity index (χ2v) is 3.14. The standard InChI is InChI=1S/C8H15N3O/c1-9(2)8-10(3)4-5-11(8)6-7-12/h4-5,7-8H,6H2,1-3H3. The highest BCUT2D eigenvalue weighted by Crippen LogP contribution is 2.13. The summed E-state index contributed by atoms with van der Waals surface area (Å²) in [7, 11) is 5.98. The number of rotatable bonds is 3. The van der Waals surface area contributed by atoms with E-state index in [9.17, 15) is 4.79 Å². The molecule has 1 rings (SSSR count). The minimum atomic E-state index is 0.176. The van der Waals surface area contributed by atoms with E-state index in [0.717, 1.165) is 6.29 Å². The molecule has 0 bridgehead atoms. The fraction of sp³-hybridized carbons (Fsp3) is 0.625. The summed E-state index contributed by atoms with van der Waals surface area (Å²) in [6, 6.07) is 0. The van der Waals surface area contributed by atoms with Gasteiger partial charge in [0.15, 0.2) is 6.29 Å². The smallest absolute Gasteiger partial charge is 0.159 e. The predicted molar refractivity (Wildman–Crippen MR) is 47.1 cm³/mol. The molecule has 0 spiro atoms. The van der Waals surface area contributed by atoms with Gasteiger partial charge in [0.05, 0.1) is 6.54 Å². The lowest BCUT2D eigenvalue weighted by Crippen LogP contribution is -2.47. The molecule has 0 fully saturated rings. The second-order valence-electron chi connectivity index (χ2n) is 3.14. The first-order valence-corrected chi connectivity index (χ1v) is 3.93. The van der Waals surface area contributed by atoms with E-state index in [-0.39, 0.29) is 6.29 Å². The molecule has 1 aliphatic rings. The molecule has 1 unspecified atom stereocenters. The van der Waals surface area contributed by atoms with E-state index in [1.807, 2.05) is 38.4 Å². The third kappa shape index (κ3) is 1.58. The largest absolute Gasteiger partial charge is 0.347 e. The minimum Gasteiger partial charge on any atom is -0.347 e. The van der Waals surface area contributed by atoms with Crippen LogP contribution in [-0.4, -0.2) is 55.0 Å².